The number of likely N-dealkylation sites (tertiary alicyclic amines) is 1. The number of primary amides is 1. The van der Waals surface area contributed by atoms with E-state index in [2.05, 4.69) is 4.98 Å². The topological polar surface area (TPSA) is 96.5 Å². The van der Waals surface area contributed by atoms with Crippen molar-refractivity contribution >= 4 is 23.4 Å². The summed E-state index contributed by atoms with van der Waals surface area (Å²) >= 11 is 6.10. The lowest BCUT2D eigenvalue weighted by atomic mass is 9.80. The van der Waals surface area contributed by atoms with Crippen LogP contribution in [0.3, 0.4) is 0 Å². The molecule has 1 aromatic carbocycles. The Morgan fingerprint density at radius 3 is 2.64 bits per heavy atom. The molecule has 0 aliphatic carbocycles. The number of nitrogens with two attached hydrogens (primary N) is 1. The van der Waals surface area contributed by atoms with Crippen molar-refractivity contribution in [1.82, 2.24) is 9.88 Å². The van der Waals surface area contributed by atoms with Gasteiger partial charge in [0.25, 0.3) is 5.91 Å². The fourth-order valence-corrected chi connectivity index (χ4v) is 3.42. The third kappa shape index (κ3) is 3.23. The highest BCUT2D eigenvalue weighted by Gasteiger charge is 2.41. The van der Waals surface area contributed by atoms with Gasteiger partial charge in [-0.05, 0) is 18.1 Å². The zero-order valence-electron chi connectivity index (χ0n) is 13.5. The van der Waals surface area contributed by atoms with Gasteiger partial charge in [-0.15, -0.1) is 0 Å². The fourth-order valence-electron chi connectivity index (χ4n) is 3.17. The summed E-state index contributed by atoms with van der Waals surface area (Å²) in [6.07, 6.45) is 1.89. The van der Waals surface area contributed by atoms with Gasteiger partial charge in [0, 0.05) is 24.7 Å². The van der Waals surface area contributed by atoms with Crippen LogP contribution in [0.5, 0.6) is 0 Å². The molecule has 130 valence electrons. The Morgan fingerprint density at radius 1 is 1.32 bits per heavy atom. The first kappa shape index (κ1) is 17.4. The molecule has 1 aliphatic rings. The van der Waals surface area contributed by atoms with Crippen molar-refractivity contribution in [3.63, 3.8) is 0 Å². The first-order valence-electron chi connectivity index (χ1n) is 7.88. The Labute approximate surface area is 150 Å². The molecule has 25 heavy (non-hydrogen) atoms. The van der Waals surface area contributed by atoms with Crippen molar-refractivity contribution in [3.05, 3.63) is 64.4 Å². The summed E-state index contributed by atoms with van der Waals surface area (Å²) in [5.41, 5.74) is 5.92. The number of halogens is 1. The SMILES string of the molecule is NC(=O)c1cnc(C(=O)N2CCC(CO)(c3ccccc3)C2)c(Cl)c1. The minimum absolute atomic E-state index is 0.0530. The third-order valence-corrected chi connectivity index (χ3v) is 4.95. The van der Waals surface area contributed by atoms with Gasteiger partial charge >= 0.3 is 0 Å². The zero-order valence-corrected chi connectivity index (χ0v) is 14.2. The van der Waals surface area contributed by atoms with Gasteiger partial charge in [0.1, 0.15) is 5.69 Å². The van der Waals surface area contributed by atoms with E-state index < -0.39 is 11.3 Å². The Kier molecular flexibility index (Phi) is 4.74. The second-order valence-corrected chi connectivity index (χ2v) is 6.61. The maximum absolute atomic E-state index is 12.8. The molecule has 2 amide bonds. The first-order valence-corrected chi connectivity index (χ1v) is 8.26. The number of aliphatic hydroxyl groups excluding tert-OH is 1. The number of benzene rings is 1. The number of rotatable bonds is 4. The number of pyridine rings is 1. The minimum Gasteiger partial charge on any atom is -0.395 e. The fraction of sp³-hybridized carbons (Fsp3) is 0.278. The Balaban J connectivity index is 1.84. The number of hydrogen-bond donors (Lipinski definition) is 2. The van der Waals surface area contributed by atoms with Crippen molar-refractivity contribution < 1.29 is 14.7 Å². The lowest BCUT2D eigenvalue weighted by Crippen LogP contribution is -2.37. The van der Waals surface area contributed by atoms with Crippen LogP contribution in [0.1, 0.15) is 32.8 Å². The Bertz CT molecular complexity index is 812. The lowest BCUT2D eigenvalue weighted by molar-refractivity contribution is 0.0767. The molecule has 1 atom stereocenters. The van der Waals surface area contributed by atoms with Crippen LogP contribution in [0.2, 0.25) is 5.02 Å². The van der Waals surface area contributed by atoms with Gasteiger partial charge in [-0.3, -0.25) is 9.59 Å². The van der Waals surface area contributed by atoms with Crippen LogP contribution in [-0.4, -0.2) is 46.5 Å². The van der Waals surface area contributed by atoms with Gasteiger partial charge in [-0.2, -0.15) is 0 Å². The molecule has 0 saturated carbocycles. The molecular weight excluding hydrogens is 342 g/mol. The van der Waals surface area contributed by atoms with E-state index >= 15 is 0 Å². The number of nitrogens with zero attached hydrogens (tertiary/aromatic N) is 2. The predicted octanol–water partition coefficient (Wildman–Crippen LogP) is 1.61. The number of aromatic nitrogens is 1. The molecule has 1 aromatic heterocycles. The summed E-state index contributed by atoms with van der Waals surface area (Å²) in [6.45, 7) is 0.814. The van der Waals surface area contributed by atoms with E-state index in [0.29, 0.717) is 19.5 Å². The maximum Gasteiger partial charge on any atom is 0.274 e. The summed E-state index contributed by atoms with van der Waals surface area (Å²) < 4.78 is 0. The van der Waals surface area contributed by atoms with E-state index in [1.807, 2.05) is 30.3 Å². The average molecular weight is 360 g/mol. The van der Waals surface area contributed by atoms with Gasteiger partial charge in [0.15, 0.2) is 0 Å². The summed E-state index contributed by atoms with van der Waals surface area (Å²) in [5, 5.41) is 10.0. The van der Waals surface area contributed by atoms with Crippen LogP contribution in [-0.2, 0) is 5.41 Å². The lowest BCUT2D eigenvalue weighted by Gasteiger charge is -2.27. The molecular formula is C18H18ClN3O3. The molecule has 1 fully saturated rings. The van der Waals surface area contributed by atoms with Gasteiger partial charge < -0.3 is 15.7 Å². The van der Waals surface area contributed by atoms with Crippen LogP contribution in [0.25, 0.3) is 0 Å². The molecule has 1 unspecified atom stereocenters. The summed E-state index contributed by atoms with van der Waals surface area (Å²) in [7, 11) is 0. The third-order valence-electron chi connectivity index (χ3n) is 4.66. The highest BCUT2D eigenvalue weighted by atomic mass is 35.5. The standard InChI is InChI=1S/C18H18ClN3O3/c19-14-8-12(16(20)24)9-21-15(14)17(25)22-7-6-18(10-22,11-23)13-4-2-1-3-5-13/h1-5,8-9,23H,6-7,10-11H2,(H2,20,24). The Morgan fingerprint density at radius 2 is 2.04 bits per heavy atom. The van der Waals surface area contributed by atoms with Gasteiger partial charge in [-0.1, -0.05) is 41.9 Å². The van der Waals surface area contributed by atoms with Crippen molar-refractivity contribution in [3.8, 4) is 0 Å². The quantitative estimate of drug-likeness (QED) is 0.866. The summed E-state index contributed by atoms with van der Waals surface area (Å²) in [4.78, 5) is 29.6. The van der Waals surface area contributed by atoms with E-state index in [-0.39, 0.29) is 28.8 Å². The van der Waals surface area contributed by atoms with Crippen LogP contribution in [0.4, 0.5) is 0 Å². The van der Waals surface area contributed by atoms with Crippen LogP contribution in [0.15, 0.2) is 42.6 Å². The molecule has 2 heterocycles. The van der Waals surface area contributed by atoms with Gasteiger partial charge in [-0.25, -0.2) is 4.98 Å². The molecule has 7 heteroatoms. The molecule has 1 aliphatic heterocycles. The smallest absolute Gasteiger partial charge is 0.274 e. The van der Waals surface area contributed by atoms with E-state index in [0.717, 1.165) is 5.56 Å². The highest BCUT2D eigenvalue weighted by molar-refractivity contribution is 6.33. The van der Waals surface area contributed by atoms with Crippen molar-refractivity contribution in [2.75, 3.05) is 19.7 Å². The predicted molar refractivity (Wildman–Crippen MR) is 93.5 cm³/mol. The van der Waals surface area contributed by atoms with E-state index in [9.17, 15) is 14.7 Å². The van der Waals surface area contributed by atoms with Crippen molar-refractivity contribution in [2.24, 2.45) is 5.73 Å². The van der Waals surface area contributed by atoms with E-state index in [1.165, 1.54) is 12.3 Å². The zero-order chi connectivity index (χ0) is 18.0. The second-order valence-electron chi connectivity index (χ2n) is 6.20. The molecule has 0 radical (unpaired) electrons. The normalized spacial score (nSPS) is 19.8. The van der Waals surface area contributed by atoms with E-state index in [4.69, 9.17) is 17.3 Å². The molecule has 3 rings (SSSR count). The van der Waals surface area contributed by atoms with Crippen molar-refractivity contribution in [2.45, 2.75) is 11.8 Å². The molecule has 1 saturated heterocycles. The monoisotopic (exact) mass is 359 g/mol. The van der Waals surface area contributed by atoms with Crippen LogP contribution >= 0.6 is 11.6 Å². The highest BCUT2D eigenvalue weighted by Crippen LogP contribution is 2.35. The number of carbonyl (C=O) groups is 2. The molecule has 0 bridgehead atoms. The largest absolute Gasteiger partial charge is 0.395 e. The number of carbonyl (C=O) groups excluding carboxylic acids is 2. The van der Waals surface area contributed by atoms with E-state index in [1.54, 1.807) is 4.90 Å². The number of amides is 2. The Hall–Kier alpha value is -2.44. The van der Waals surface area contributed by atoms with Gasteiger partial charge in [0.2, 0.25) is 5.91 Å². The first-order chi connectivity index (χ1) is 12.0. The number of hydrogen-bond acceptors (Lipinski definition) is 4. The van der Waals surface area contributed by atoms with Crippen LogP contribution in [0, 0.1) is 0 Å². The molecule has 6 nitrogen and oxygen atoms in total. The average Bonchev–Trinajstić information content (AvgIpc) is 3.07. The number of aliphatic hydroxyl groups is 1. The van der Waals surface area contributed by atoms with Gasteiger partial charge in [0.05, 0.1) is 17.2 Å². The summed E-state index contributed by atoms with van der Waals surface area (Å²) in [6, 6.07) is 11.0. The molecule has 3 N–H and O–H groups in total. The molecule has 0 spiro atoms. The summed E-state index contributed by atoms with van der Waals surface area (Å²) in [5.74, 6) is -0.981. The van der Waals surface area contributed by atoms with Crippen LogP contribution < -0.4 is 5.73 Å². The minimum atomic E-state index is -0.655. The maximum atomic E-state index is 12.8. The second kappa shape index (κ2) is 6.82. The van der Waals surface area contributed by atoms with Crippen molar-refractivity contribution in [1.29, 1.82) is 0 Å². The molecule has 2 aromatic rings.